The topological polar surface area (TPSA) is 26.5 Å². The number of para-hydroxylation sites is 1. The minimum Gasteiger partial charge on any atom is -0.497 e. The third kappa shape index (κ3) is 1.86. The number of hydrogen-bond acceptors (Lipinski definition) is 2. The predicted molar refractivity (Wildman–Crippen MR) is 90.8 cm³/mol. The number of hydrogen-bond donors (Lipinski definition) is 0. The molecular weight excluding hydrogens is 272 g/mol. The second kappa shape index (κ2) is 5.02. The molecule has 4 rings (SSSR count). The van der Waals surface area contributed by atoms with Gasteiger partial charge in [-0.3, -0.25) is 4.40 Å². The SMILES string of the molecule is CCCc1nc2cc(OC)ccc2c2cc3ccccc3n12. The van der Waals surface area contributed by atoms with Crippen molar-refractivity contribution in [2.45, 2.75) is 19.8 Å². The van der Waals surface area contributed by atoms with E-state index in [1.54, 1.807) is 7.11 Å². The lowest BCUT2D eigenvalue weighted by atomic mass is 10.2. The number of fused-ring (bicyclic) bond motifs is 5. The molecule has 0 radical (unpaired) electrons. The van der Waals surface area contributed by atoms with Gasteiger partial charge in [0, 0.05) is 23.3 Å². The van der Waals surface area contributed by atoms with Crippen LogP contribution in [0.4, 0.5) is 0 Å². The molecule has 0 aliphatic carbocycles. The van der Waals surface area contributed by atoms with Crippen LogP contribution in [0.3, 0.4) is 0 Å². The van der Waals surface area contributed by atoms with Crippen LogP contribution >= 0.6 is 0 Å². The maximum atomic E-state index is 5.35. The van der Waals surface area contributed by atoms with Crippen molar-refractivity contribution in [2.24, 2.45) is 0 Å². The van der Waals surface area contributed by atoms with Crippen molar-refractivity contribution in [1.82, 2.24) is 9.38 Å². The van der Waals surface area contributed by atoms with E-state index in [0.717, 1.165) is 35.3 Å². The first-order valence-corrected chi connectivity index (χ1v) is 7.68. The van der Waals surface area contributed by atoms with Crippen LogP contribution in [-0.4, -0.2) is 16.5 Å². The highest BCUT2D eigenvalue weighted by Crippen LogP contribution is 2.29. The fraction of sp³-hybridized carbons (Fsp3) is 0.211. The Hall–Kier alpha value is -2.55. The van der Waals surface area contributed by atoms with Crippen molar-refractivity contribution < 1.29 is 4.74 Å². The quantitative estimate of drug-likeness (QED) is 0.551. The molecule has 22 heavy (non-hydrogen) atoms. The molecule has 0 unspecified atom stereocenters. The van der Waals surface area contributed by atoms with Gasteiger partial charge in [-0.2, -0.15) is 0 Å². The molecule has 0 aliphatic heterocycles. The molecule has 0 bridgehead atoms. The number of ether oxygens (including phenoxy) is 1. The first kappa shape index (κ1) is 13.1. The Bertz CT molecular complexity index is 985. The van der Waals surface area contributed by atoms with E-state index >= 15 is 0 Å². The normalized spacial score (nSPS) is 11.5. The second-order valence-corrected chi connectivity index (χ2v) is 5.58. The van der Waals surface area contributed by atoms with Crippen LogP contribution in [0.15, 0.2) is 48.5 Å². The van der Waals surface area contributed by atoms with E-state index in [1.165, 1.54) is 16.4 Å². The molecule has 3 heteroatoms. The standard InChI is InChI=1S/C19H18N2O/c1-3-6-19-20-16-12-14(22-2)9-10-15(16)18-11-13-7-4-5-8-17(13)21(18)19/h4-5,7-12H,3,6H2,1-2H3. The maximum absolute atomic E-state index is 5.35. The van der Waals surface area contributed by atoms with Crippen molar-refractivity contribution in [3.05, 3.63) is 54.4 Å². The minimum atomic E-state index is 0.850. The summed E-state index contributed by atoms with van der Waals surface area (Å²) in [5, 5.41) is 2.42. The second-order valence-electron chi connectivity index (χ2n) is 5.58. The molecule has 0 saturated carbocycles. The Labute approximate surface area is 129 Å². The largest absolute Gasteiger partial charge is 0.497 e. The van der Waals surface area contributed by atoms with Gasteiger partial charge in [0.25, 0.3) is 0 Å². The predicted octanol–water partition coefficient (Wildman–Crippen LogP) is 4.60. The molecule has 0 N–H and O–H groups in total. The summed E-state index contributed by atoms with van der Waals surface area (Å²) in [6, 6.07) is 16.9. The van der Waals surface area contributed by atoms with E-state index < -0.39 is 0 Å². The van der Waals surface area contributed by atoms with Crippen LogP contribution in [0.2, 0.25) is 0 Å². The Morgan fingerprint density at radius 2 is 1.91 bits per heavy atom. The highest BCUT2D eigenvalue weighted by Gasteiger charge is 2.12. The molecule has 0 spiro atoms. The number of rotatable bonds is 3. The van der Waals surface area contributed by atoms with Gasteiger partial charge in [-0.1, -0.05) is 25.1 Å². The van der Waals surface area contributed by atoms with Gasteiger partial charge in [0.2, 0.25) is 0 Å². The maximum Gasteiger partial charge on any atom is 0.121 e. The Morgan fingerprint density at radius 3 is 2.73 bits per heavy atom. The van der Waals surface area contributed by atoms with Crippen LogP contribution in [-0.2, 0) is 6.42 Å². The van der Waals surface area contributed by atoms with Gasteiger partial charge in [0.05, 0.1) is 23.7 Å². The summed E-state index contributed by atoms with van der Waals surface area (Å²) in [7, 11) is 1.69. The molecule has 0 fully saturated rings. The minimum absolute atomic E-state index is 0.850. The van der Waals surface area contributed by atoms with E-state index in [2.05, 4.69) is 47.7 Å². The van der Waals surface area contributed by atoms with E-state index in [0.29, 0.717) is 0 Å². The Balaban J connectivity index is 2.19. The van der Waals surface area contributed by atoms with Crippen molar-refractivity contribution >= 4 is 27.3 Å². The van der Waals surface area contributed by atoms with Crippen LogP contribution in [0.1, 0.15) is 19.2 Å². The van der Waals surface area contributed by atoms with Gasteiger partial charge >= 0.3 is 0 Å². The summed E-state index contributed by atoms with van der Waals surface area (Å²) in [4.78, 5) is 4.91. The van der Waals surface area contributed by atoms with Gasteiger partial charge in [0.15, 0.2) is 0 Å². The fourth-order valence-corrected chi connectivity index (χ4v) is 3.16. The van der Waals surface area contributed by atoms with E-state index in [1.807, 2.05) is 12.1 Å². The number of methoxy groups -OCH3 is 1. The Morgan fingerprint density at radius 1 is 1.05 bits per heavy atom. The molecule has 2 aromatic carbocycles. The lowest BCUT2D eigenvalue weighted by Crippen LogP contribution is -2.01. The fourth-order valence-electron chi connectivity index (χ4n) is 3.16. The van der Waals surface area contributed by atoms with E-state index in [4.69, 9.17) is 9.72 Å². The number of nitrogens with zero attached hydrogens (tertiary/aromatic N) is 2. The summed E-state index contributed by atoms with van der Waals surface area (Å²) in [5.41, 5.74) is 3.45. The summed E-state index contributed by atoms with van der Waals surface area (Å²) >= 11 is 0. The summed E-state index contributed by atoms with van der Waals surface area (Å²) in [5.74, 6) is 1.96. The van der Waals surface area contributed by atoms with Crippen LogP contribution in [0, 0.1) is 0 Å². The van der Waals surface area contributed by atoms with Gasteiger partial charge in [-0.25, -0.2) is 4.98 Å². The molecule has 0 saturated heterocycles. The van der Waals surface area contributed by atoms with Crippen molar-refractivity contribution in [3.8, 4) is 5.75 Å². The van der Waals surface area contributed by atoms with Gasteiger partial charge in [-0.05, 0) is 30.7 Å². The van der Waals surface area contributed by atoms with Gasteiger partial charge in [0.1, 0.15) is 11.6 Å². The molecule has 4 aromatic rings. The zero-order valence-electron chi connectivity index (χ0n) is 12.8. The molecule has 3 nitrogen and oxygen atoms in total. The van der Waals surface area contributed by atoms with Gasteiger partial charge < -0.3 is 4.74 Å². The average Bonchev–Trinajstić information content (AvgIpc) is 2.94. The third-order valence-corrected chi connectivity index (χ3v) is 4.17. The van der Waals surface area contributed by atoms with E-state index in [-0.39, 0.29) is 0 Å². The molecule has 0 atom stereocenters. The summed E-state index contributed by atoms with van der Waals surface area (Å²) in [6.07, 6.45) is 2.03. The zero-order chi connectivity index (χ0) is 15.1. The molecule has 110 valence electrons. The lowest BCUT2D eigenvalue weighted by Gasteiger charge is -2.10. The van der Waals surface area contributed by atoms with Crippen molar-refractivity contribution in [2.75, 3.05) is 7.11 Å². The summed E-state index contributed by atoms with van der Waals surface area (Å²) in [6.45, 7) is 2.19. The third-order valence-electron chi connectivity index (χ3n) is 4.17. The molecule has 0 amide bonds. The molecular formula is C19H18N2O. The van der Waals surface area contributed by atoms with Crippen LogP contribution in [0.5, 0.6) is 5.75 Å². The number of benzene rings is 2. The van der Waals surface area contributed by atoms with Crippen molar-refractivity contribution in [1.29, 1.82) is 0 Å². The van der Waals surface area contributed by atoms with Crippen LogP contribution in [0.25, 0.3) is 27.3 Å². The zero-order valence-corrected chi connectivity index (χ0v) is 12.8. The Kier molecular flexibility index (Phi) is 3.00. The van der Waals surface area contributed by atoms with Gasteiger partial charge in [-0.15, -0.1) is 0 Å². The van der Waals surface area contributed by atoms with Crippen LogP contribution < -0.4 is 4.74 Å². The van der Waals surface area contributed by atoms with E-state index in [9.17, 15) is 0 Å². The first-order valence-electron chi connectivity index (χ1n) is 7.68. The molecule has 2 aromatic heterocycles. The smallest absolute Gasteiger partial charge is 0.121 e. The average molecular weight is 290 g/mol. The highest BCUT2D eigenvalue weighted by molar-refractivity contribution is 6.01. The van der Waals surface area contributed by atoms with Crippen molar-refractivity contribution in [3.63, 3.8) is 0 Å². The molecule has 2 heterocycles. The lowest BCUT2D eigenvalue weighted by molar-refractivity contribution is 0.415. The number of aromatic nitrogens is 2. The first-order chi connectivity index (χ1) is 10.8. The monoisotopic (exact) mass is 290 g/mol. The number of aryl methyl sites for hydroxylation is 1. The summed E-state index contributed by atoms with van der Waals surface area (Å²) < 4.78 is 7.65. The highest BCUT2D eigenvalue weighted by atomic mass is 16.5. The molecule has 0 aliphatic rings.